The van der Waals surface area contributed by atoms with E-state index in [9.17, 15) is 8.42 Å². The second-order valence-electron chi connectivity index (χ2n) is 6.33. The molecule has 0 saturated heterocycles. The topological polar surface area (TPSA) is 64.0 Å². The zero-order valence-electron chi connectivity index (χ0n) is 15.2. The number of hydrogen-bond donors (Lipinski definition) is 1. The minimum absolute atomic E-state index is 0.253. The molecular weight excluding hydrogens is 334 g/mol. The third-order valence-corrected chi connectivity index (χ3v) is 5.54. The molecule has 0 saturated carbocycles. The fraction of sp³-hybridized carbons (Fsp3) is 0.526. The molecule has 2 aromatic rings. The van der Waals surface area contributed by atoms with Gasteiger partial charge in [-0.2, -0.15) is 5.10 Å². The van der Waals surface area contributed by atoms with Crippen LogP contribution in [0.2, 0.25) is 0 Å². The first-order valence-electron chi connectivity index (χ1n) is 9.21. The Morgan fingerprint density at radius 1 is 1.00 bits per heavy atom. The monoisotopic (exact) mass is 363 g/mol. The molecule has 6 heteroatoms. The van der Waals surface area contributed by atoms with Crippen molar-refractivity contribution in [3.63, 3.8) is 0 Å². The molecule has 2 rings (SSSR count). The van der Waals surface area contributed by atoms with Crippen molar-refractivity contribution in [2.45, 2.75) is 70.2 Å². The summed E-state index contributed by atoms with van der Waals surface area (Å²) in [5, 5.41) is 4.50. The third kappa shape index (κ3) is 5.88. The van der Waals surface area contributed by atoms with Crippen LogP contribution in [0.1, 0.15) is 58.1 Å². The normalized spacial score (nSPS) is 11.6. The Hall–Kier alpha value is -1.82. The summed E-state index contributed by atoms with van der Waals surface area (Å²) in [5.41, 5.74) is 1.11. The van der Waals surface area contributed by atoms with Gasteiger partial charge in [-0.15, -0.1) is 0 Å². The highest BCUT2D eigenvalue weighted by molar-refractivity contribution is 7.92. The highest BCUT2D eigenvalue weighted by Gasteiger charge is 2.16. The molecule has 0 fully saturated rings. The van der Waals surface area contributed by atoms with E-state index in [1.165, 1.54) is 6.42 Å². The van der Waals surface area contributed by atoms with Crippen molar-refractivity contribution in [3.05, 3.63) is 42.1 Å². The molecule has 1 aromatic heterocycles. The average Bonchev–Trinajstić information content (AvgIpc) is 2.97. The van der Waals surface area contributed by atoms with Crippen LogP contribution in [0.15, 0.2) is 41.3 Å². The van der Waals surface area contributed by atoms with Gasteiger partial charge in [0.05, 0.1) is 4.90 Å². The summed E-state index contributed by atoms with van der Waals surface area (Å²) < 4.78 is 29.5. The fourth-order valence-electron chi connectivity index (χ4n) is 2.76. The maximum absolute atomic E-state index is 12.5. The molecular formula is C19H29N3O2S. The van der Waals surface area contributed by atoms with E-state index in [0.717, 1.165) is 50.8 Å². The van der Waals surface area contributed by atoms with Gasteiger partial charge in [-0.25, -0.2) is 8.42 Å². The van der Waals surface area contributed by atoms with Gasteiger partial charge in [0.15, 0.2) is 5.82 Å². The molecule has 1 heterocycles. The van der Waals surface area contributed by atoms with Gasteiger partial charge in [-0.1, -0.05) is 57.7 Å². The third-order valence-electron chi connectivity index (χ3n) is 4.17. The van der Waals surface area contributed by atoms with E-state index < -0.39 is 10.0 Å². The zero-order chi connectivity index (χ0) is 18.1. The first-order chi connectivity index (χ1) is 12.1. The summed E-state index contributed by atoms with van der Waals surface area (Å²) in [6.07, 6.45) is 7.73. The predicted octanol–water partition coefficient (Wildman–Crippen LogP) is 4.61. The lowest BCUT2D eigenvalue weighted by atomic mass is 10.1. The lowest BCUT2D eigenvalue weighted by molar-refractivity contribution is 0.527. The zero-order valence-corrected chi connectivity index (χ0v) is 16.1. The number of hydrogen-bond acceptors (Lipinski definition) is 3. The Balaban J connectivity index is 2.15. The maximum atomic E-state index is 12.5. The first-order valence-corrected chi connectivity index (χ1v) is 10.7. The van der Waals surface area contributed by atoms with Gasteiger partial charge in [-0.3, -0.25) is 9.40 Å². The van der Waals surface area contributed by atoms with Crippen molar-refractivity contribution in [1.82, 2.24) is 9.78 Å². The van der Waals surface area contributed by atoms with Crippen molar-refractivity contribution in [2.24, 2.45) is 0 Å². The van der Waals surface area contributed by atoms with E-state index in [0.29, 0.717) is 5.82 Å². The standard InChI is InChI=1S/C19H29N3O2S/c1-3-5-8-12-17-16-19(20-22(17)15-11-6-4-2)21-25(23,24)18-13-9-7-10-14-18/h7,9-10,13-14,16H,3-6,8,11-12,15H2,1-2H3,(H,20,21). The van der Waals surface area contributed by atoms with Crippen LogP contribution in [0.3, 0.4) is 0 Å². The van der Waals surface area contributed by atoms with E-state index in [-0.39, 0.29) is 4.90 Å². The van der Waals surface area contributed by atoms with E-state index in [4.69, 9.17) is 0 Å². The van der Waals surface area contributed by atoms with Gasteiger partial charge in [0.25, 0.3) is 10.0 Å². The Kier molecular flexibility index (Phi) is 7.50. The first kappa shape index (κ1) is 19.5. The number of benzene rings is 1. The number of aromatic nitrogens is 2. The lowest BCUT2D eigenvalue weighted by Gasteiger charge is -2.06. The molecule has 0 amide bonds. The van der Waals surface area contributed by atoms with E-state index >= 15 is 0 Å². The molecule has 0 aliphatic heterocycles. The largest absolute Gasteiger partial charge is 0.267 e. The van der Waals surface area contributed by atoms with Gasteiger partial charge in [0.1, 0.15) is 0 Å². The number of unbranched alkanes of at least 4 members (excludes halogenated alkanes) is 4. The van der Waals surface area contributed by atoms with Gasteiger partial charge in [-0.05, 0) is 31.4 Å². The number of aryl methyl sites for hydroxylation is 2. The van der Waals surface area contributed by atoms with Crippen LogP contribution in [0.5, 0.6) is 0 Å². The minimum atomic E-state index is -3.59. The summed E-state index contributed by atoms with van der Waals surface area (Å²) in [6.45, 7) is 5.19. The van der Waals surface area contributed by atoms with Crippen molar-refractivity contribution >= 4 is 15.8 Å². The minimum Gasteiger partial charge on any atom is -0.267 e. The predicted molar refractivity (Wildman–Crippen MR) is 102 cm³/mol. The highest BCUT2D eigenvalue weighted by Crippen LogP contribution is 2.18. The number of nitrogens with zero attached hydrogens (tertiary/aromatic N) is 2. The van der Waals surface area contributed by atoms with Crippen LogP contribution in [0, 0.1) is 0 Å². The number of anilines is 1. The van der Waals surface area contributed by atoms with Crippen LogP contribution in [0.4, 0.5) is 5.82 Å². The molecule has 0 spiro atoms. The Labute approximate surface area is 151 Å². The maximum Gasteiger partial charge on any atom is 0.263 e. The molecule has 138 valence electrons. The SMILES string of the molecule is CCCCCc1cc(NS(=O)(=O)c2ccccc2)nn1CCCCC. The molecule has 0 bridgehead atoms. The molecule has 0 aliphatic carbocycles. The van der Waals surface area contributed by atoms with E-state index in [1.54, 1.807) is 30.3 Å². The van der Waals surface area contributed by atoms with Gasteiger partial charge in [0, 0.05) is 18.3 Å². The lowest BCUT2D eigenvalue weighted by Crippen LogP contribution is -2.13. The number of sulfonamides is 1. The molecule has 5 nitrogen and oxygen atoms in total. The smallest absolute Gasteiger partial charge is 0.263 e. The average molecular weight is 364 g/mol. The molecule has 1 N–H and O–H groups in total. The fourth-order valence-corrected chi connectivity index (χ4v) is 3.77. The summed E-state index contributed by atoms with van der Waals surface area (Å²) >= 11 is 0. The Bertz CT molecular complexity index is 712. The van der Waals surface area contributed by atoms with Gasteiger partial charge < -0.3 is 0 Å². The quantitative estimate of drug-likeness (QED) is 0.593. The van der Waals surface area contributed by atoms with E-state index in [1.807, 2.05) is 10.7 Å². The molecule has 1 aromatic carbocycles. The van der Waals surface area contributed by atoms with Gasteiger partial charge in [0.2, 0.25) is 0 Å². The van der Waals surface area contributed by atoms with Crippen LogP contribution >= 0.6 is 0 Å². The number of nitrogens with one attached hydrogen (secondary N) is 1. The van der Waals surface area contributed by atoms with Gasteiger partial charge >= 0.3 is 0 Å². The summed E-state index contributed by atoms with van der Waals surface area (Å²) in [5.74, 6) is 0.409. The summed E-state index contributed by atoms with van der Waals surface area (Å²) in [7, 11) is -3.59. The highest BCUT2D eigenvalue weighted by atomic mass is 32.2. The molecule has 0 radical (unpaired) electrons. The van der Waals surface area contributed by atoms with Crippen LogP contribution < -0.4 is 4.72 Å². The Morgan fingerprint density at radius 3 is 2.36 bits per heavy atom. The summed E-state index contributed by atoms with van der Waals surface area (Å²) in [6, 6.07) is 10.3. The van der Waals surface area contributed by atoms with Crippen LogP contribution in [-0.2, 0) is 23.0 Å². The molecule has 25 heavy (non-hydrogen) atoms. The Morgan fingerprint density at radius 2 is 1.68 bits per heavy atom. The molecule has 0 aliphatic rings. The number of rotatable bonds is 11. The van der Waals surface area contributed by atoms with Crippen molar-refractivity contribution in [3.8, 4) is 0 Å². The van der Waals surface area contributed by atoms with Crippen molar-refractivity contribution in [2.75, 3.05) is 4.72 Å². The second-order valence-corrected chi connectivity index (χ2v) is 8.01. The van der Waals surface area contributed by atoms with Crippen molar-refractivity contribution < 1.29 is 8.42 Å². The second kappa shape index (κ2) is 9.61. The van der Waals surface area contributed by atoms with Crippen LogP contribution in [-0.4, -0.2) is 18.2 Å². The molecule has 0 unspecified atom stereocenters. The van der Waals surface area contributed by atoms with E-state index in [2.05, 4.69) is 23.7 Å². The van der Waals surface area contributed by atoms with Crippen LogP contribution in [0.25, 0.3) is 0 Å². The molecule has 0 atom stereocenters. The summed E-state index contributed by atoms with van der Waals surface area (Å²) in [4.78, 5) is 0.253. The van der Waals surface area contributed by atoms with Crippen molar-refractivity contribution in [1.29, 1.82) is 0 Å².